The zero-order valence-corrected chi connectivity index (χ0v) is 10.9. The number of hydrazine groups is 1. The fourth-order valence-electron chi connectivity index (χ4n) is 1.72. The molecule has 0 heterocycles. The van der Waals surface area contributed by atoms with Gasteiger partial charge in [0.1, 0.15) is 17.2 Å². The second kappa shape index (κ2) is 6.11. The Bertz CT molecular complexity index is 409. The van der Waals surface area contributed by atoms with Crippen molar-refractivity contribution >= 4 is 5.91 Å². The topological polar surface area (TPSA) is 82.8 Å². The number of rotatable bonds is 5. The van der Waals surface area contributed by atoms with Crippen LogP contribution in [0.3, 0.4) is 0 Å². The second-order valence-electron chi connectivity index (χ2n) is 3.68. The number of nitrogens with two attached hydrogens (primary N) is 1. The summed E-state index contributed by atoms with van der Waals surface area (Å²) in [7, 11) is 4.58. The molecule has 0 aliphatic carbocycles. The van der Waals surface area contributed by atoms with Crippen LogP contribution in [0.4, 0.5) is 0 Å². The molecule has 18 heavy (non-hydrogen) atoms. The Morgan fingerprint density at radius 3 is 2.00 bits per heavy atom. The van der Waals surface area contributed by atoms with Gasteiger partial charge in [0.25, 0.3) is 0 Å². The molecule has 1 aromatic rings. The first-order chi connectivity index (χ1) is 8.58. The van der Waals surface area contributed by atoms with E-state index in [0.29, 0.717) is 22.8 Å². The van der Waals surface area contributed by atoms with E-state index in [1.54, 1.807) is 26.2 Å². The lowest BCUT2D eigenvalue weighted by Crippen LogP contribution is -2.34. The van der Waals surface area contributed by atoms with Gasteiger partial charge < -0.3 is 14.2 Å². The molecule has 0 aliphatic rings. The minimum absolute atomic E-state index is 0.322. The fourth-order valence-corrected chi connectivity index (χ4v) is 1.72. The summed E-state index contributed by atoms with van der Waals surface area (Å²) in [5.74, 6) is 5.95. The number of ether oxygens (including phenoxy) is 3. The quantitative estimate of drug-likeness (QED) is 0.461. The SMILES string of the molecule is COc1cc(OC)c(C(C)C(=O)NN)c(OC)c1. The molecule has 0 saturated carbocycles. The van der Waals surface area contributed by atoms with Crippen molar-refractivity contribution in [1.29, 1.82) is 0 Å². The van der Waals surface area contributed by atoms with Crippen molar-refractivity contribution in [2.24, 2.45) is 5.84 Å². The highest BCUT2D eigenvalue weighted by Gasteiger charge is 2.24. The first kappa shape index (κ1) is 14.1. The fraction of sp³-hybridized carbons (Fsp3) is 0.417. The van der Waals surface area contributed by atoms with E-state index in [1.165, 1.54) is 14.2 Å². The normalized spacial score (nSPS) is 11.6. The van der Waals surface area contributed by atoms with Crippen molar-refractivity contribution < 1.29 is 19.0 Å². The number of carbonyl (C=O) groups is 1. The van der Waals surface area contributed by atoms with Crippen molar-refractivity contribution in [2.75, 3.05) is 21.3 Å². The van der Waals surface area contributed by atoms with Crippen molar-refractivity contribution in [1.82, 2.24) is 5.43 Å². The van der Waals surface area contributed by atoms with Gasteiger partial charge in [-0.2, -0.15) is 0 Å². The zero-order valence-electron chi connectivity index (χ0n) is 10.9. The van der Waals surface area contributed by atoms with E-state index in [2.05, 4.69) is 5.43 Å². The van der Waals surface area contributed by atoms with Gasteiger partial charge >= 0.3 is 0 Å². The van der Waals surface area contributed by atoms with Crippen LogP contribution >= 0.6 is 0 Å². The summed E-state index contributed by atoms with van der Waals surface area (Å²) in [6, 6.07) is 3.39. The van der Waals surface area contributed by atoms with Gasteiger partial charge in [-0.1, -0.05) is 0 Å². The highest BCUT2D eigenvalue weighted by Crippen LogP contribution is 2.38. The Balaban J connectivity index is 3.35. The molecule has 0 spiro atoms. The van der Waals surface area contributed by atoms with Crippen LogP contribution in [0.15, 0.2) is 12.1 Å². The molecule has 100 valence electrons. The maximum absolute atomic E-state index is 11.6. The average Bonchev–Trinajstić information content (AvgIpc) is 2.43. The molecule has 0 radical (unpaired) electrons. The number of amides is 1. The maximum Gasteiger partial charge on any atom is 0.241 e. The summed E-state index contributed by atoms with van der Waals surface area (Å²) >= 11 is 0. The highest BCUT2D eigenvalue weighted by atomic mass is 16.5. The van der Waals surface area contributed by atoms with Gasteiger partial charge in [0, 0.05) is 17.7 Å². The molecule has 0 fully saturated rings. The van der Waals surface area contributed by atoms with Crippen LogP contribution in [-0.2, 0) is 4.79 Å². The smallest absolute Gasteiger partial charge is 0.241 e. The molecule has 1 rings (SSSR count). The van der Waals surface area contributed by atoms with E-state index in [1.807, 2.05) is 0 Å². The van der Waals surface area contributed by atoms with Crippen molar-refractivity contribution in [2.45, 2.75) is 12.8 Å². The molecule has 0 aromatic heterocycles. The lowest BCUT2D eigenvalue weighted by molar-refractivity contribution is -0.122. The standard InChI is InChI=1S/C12H18N2O4/c1-7(12(15)14-13)11-9(17-3)5-8(16-2)6-10(11)18-4/h5-7H,13H2,1-4H3,(H,14,15). The average molecular weight is 254 g/mol. The van der Waals surface area contributed by atoms with E-state index < -0.39 is 5.92 Å². The third-order valence-corrected chi connectivity index (χ3v) is 2.72. The summed E-state index contributed by atoms with van der Waals surface area (Å²) in [5.41, 5.74) is 2.74. The highest BCUT2D eigenvalue weighted by molar-refractivity contribution is 5.84. The Morgan fingerprint density at radius 1 is 1.17 bits per heavy atom. The molecule has 6 nitrogen and oxygen atoms in total. The monoisotopic (exact) mass is 254 g/mol. The molecule has 0 aliphatic heterocycles. The van der Waals surface area contributed by atoms with Crippen molar-refractivity contribution in [3.05, 3.63) is 17.7 Å². The van der Waals surface area contributed by atoms with E-state index in [9.17, 15) is 4.79 Å². The van der Waals surface area contributed by atoms with Crippen LogP contribution in [0.2, 0.25) is 0 Å². The first-order valence-electron chi connectivity index (χ1n) is 5.39. The molecular weight excluding hydrogens is 236 g/mol. The van der Waals surface area contributed by atoms with Gasteiger partial charge in [0.05, 0.1) is 27.2 Å². The van der Waals surface area contributed by atoms with Gasteiger partial charge in [0.2, 0.25) is 5.91 Å². The zero-order chi connectivity index (χ0) is 13.7. The van der Waals surface area contributed by atoms with E-state index in [4.69, 9.17) is 20.1 Å². The van der Waals surface area contributed by atoms with Crippen molar-refractivity contribution in [3.63, 3.8) is 0 Å². The number of carbonyl (C=O) groups excluding carboxylic acids is 1. The van der Waals surface area contributed by atoms with E-state index >= 15 is 0 Å². The molecule has 1 unspecified atom stereocenters. The van der Waals surface area contributed by atoms with Crippen LogP contribution < -0.4 is 25.5 Å². The van der Waals surface area contributed by atoms with Gasteiger partial charge in [-0.15, -0.1) is 0 Å². The summed E-state index contributed by atoms with van der Waals surface area (Å²) in [4.78, 5) is 11.6. The van der Waals surface area contributed by atoms with Crippen LogP contribution in [0.25, 0.3) is 0 Å². The number of nitrogens with one attached hydrogen (secondary N) is 1. The van der Waals surface area contributed by atoms with Gasteiger partial charge in [-0.3, -0.25) is 10.2 Å². The lowest BCUT2D eigenvalue weighted by atomic mass is 9.98. The van der Waals surface area contributed by atoms with Crippen LogP contribution in [-0.4, -0.2) is 27.2 Å². The number of benzene rings is 1. The predicted octanol–water partition coefficient (Wildman–Crippen LogP) is 0.806. The summed E-state index contributed by atoms with van der Waals surface area (Å²) in [5, 5.41) is 0. The number of hydrogen-bond donors (Lipinski definition) is 2. The first-order valence-corrected chi connectivity index (χ1v) is 5.39. The van der Waals surface area contributed by atoms with Crippen LogP contribution in [0.1, 0.15) is 18.4 Å². The molecule has 1 atom stereocenters. The Labute approximate surface area is 106 Å². The minimum atomic E-state index is -0.495. The van der Waals surface area contributed by atoms with E-state index in [-0.39, 0.29) is 5.91 Å². The second-order valence-corrected chi connectivity index (χ2v) is 3.68. The Kier molecular flexibility index (Phi) is 4.79. The number of hydrogen-bond acceptors (Lipinski definition) is 5. The molecule has 0 saturated heterocycles. The summed E-state index contributed by atoms with van der Waals surface area (Å²) < 4.78 is 15.7. The predicted molar refractivity (Wildman–Crippen MR) is 66.8 cm³/mol. The molecule has 3 N–H and O–H groups in total. The third-order valence-electron chi connectivity index (χ3n) is 2.72. The lowest BCUT2D eigenvalue weighted by Gasteiger charge is -2.18. The molecule has 1 aromatic carbocycles. The van der Waals surface area contributed by atoms with Crippen molar-refractivity contribution in [3.8, 4) is 17.2 Å². The maximum atomic E-state index is 11.6. The van der Waals surface area contributed by atoms with Gasteiger partial charge in [-0.25, -0.2) is 5.84 Å². The third kappa shape index (κ3) is 2.65. The van der Waals surface area contributed by atoms with E-state index in [0.717, 1.165) is 0 Å². The summed E-state index contributed by atoms with van der Waals surface area (Å²) in [6.45, 7) is 1.72. The van der Waals surface area contributed by atoms with Gasteiger partial charge in [-0.05, 0) is 6.92 Å². The Morgan fingerprint density at radius 2 is 1.67 bits per heavy atom. The molecule has 0 bridgehead atoms. The minimum Gasteiger partial charge on any atom is -0.496 e. The Hall–Kier alpha value is -1.95. The summed E-state index contributed by atoms with van der Waals surface area (Å²) in [6.07, 6.45) is 0. The van der Waals surface area contributed by atoms with Crippen LogP contribution in [0, 0.1) is 0 Å². The van der Waals surface area contributed by atoms with Crippen LogP contribution in [0.5, 0.6) is 17.2 Å². The molecular formula is C12H18N2O4. The molecule has 1 amide bonds. The number of methoxy groups -OCH3 is 3. The molecule has 6 heteroatoms. The van der Waals surface area contributed by atoms with Gasteiger partial charge in [0.15, 0.2) is 0 Å². The largest absolute Gasteiger partial charge is 0.496 e.